The van der Waals surface area contributed by atoms with Crippen LogP contribution in [0.1, 0.15) is 22.4 Å². The Balaban J connectivity index is 2.39. The molecule has 0 aliphatic carbocycles. The number of anilines is 1. The first kappa shape index (κ1) is 15.5. The maximum absolute atomic E-state index is 12.2. The molecule has 0 radical (unpaired) electrons. The summed E-state index contributed by atoms with van der Waals surface area (Å²) in [4.78, 5) is 14.2. The molecule has 22 heavy (non-hydrogen) atoms. The highest BCUT2D eigenvalue weighted by Gasteiger charge is 2.08. The van der Waals surface area contributed by atoms with Gasteiger partial charge in [0, 0.05) is 25.5 Å². The maximum atomic E-state index is 12.2. The quantitative estimate of drug-likeness (QED) is 0.816. The van der Waals surface area contributed by atoms with E-state index in [4.69, 9.17) is 5.26 Å². The van der Waals surface area contributed by atoms with Gasteiger partial charge in [-0.2, -0.15) is 10.4 Å². The van der Waals surface area contributed by atoms with Gasteiger partial charge in [-0.25, -0.2) is 4.68 Å². The molecule has 0 amide bonds. The van der Waals surface area contributed by atoms with Gasteiger partial charge in [0.1, 0.15) is 11.6 Å². The largest absolute Gasteiger partial charge is 0.378 e. The van der Waals surface area contributed by atoms with Crippen molar-refractivity contribution in [3.63, 3.8) is 0 Å². The minimum Gasteiger partial charge on any atom is -0.378 e. The van der Waals surface area contributed by atoms with Crippen molar-refractivity contribution in [1.82, 2.24) is 4.68 Å². The molecule has 0 saturated carbocycles. The molecule has 0 unspecified atom stereocenters. The maximum Gasteiger partial charge on any atom is 0.289 e. The van der Waals surface area contributed by atoms with Crippen LogP contribution in [-0.2, 0) is 0 Å². The van der Waals surface area contributed by atoms with E-state index in [0.29, 0.717) is 11.3 Å². The zero-order valence-corrected chi connectivity index (χ0v) is 13.2. The first-order valence-corrected chi connectivity index (χ1v) is 6.89. The second-order valence-corrected chi connectivity index (χ2v) is 5.30. The van der Waals surface area contributed by atoms with Gasteiger partial charge >= 0.3 is 0 Å². The number of nitrogens with zero attached hydrogens (tertiary/aromatic N) is 4. The summed E-state index contributed by atoms with van der Waals surface area (Å²) in [6, 6.07) is 11.5. The molecule has 0 spiro atoms. The van der Waals surface area contributed by atoms with Crippen molar-refractivity contribution in [2.45, 2.75) is 13.8 Å². The van der Waals surface area contributed by atoms with Crippen LogP contribution >= 0.6 is 0 Å². The third-order valence-corrected chi connectivity index (χ3v) is 3.40. The predicted molar refractivity (Wildman–Crippen MR) is 88.7 cm³/mol. The van der Waals surface area contributed by atoms with Gasteiger partial charge in [0.2, 0.25) is 0 Å². The summed E-state index contributed by atoms with van der Waals surface area (Å²) in [7, 11) is 3.95. The first-order chi connectivity index (χ1) is 10.4. The van der Waals surface area contributed by atoms with E-state index in [1.165, 1.54) is 4.68 Å². The second-order valence-electron chi connectivity index (χ2n) is 5.30. The molecule has 5 nitrogen and oxygen atoms in total. The Bertz CT molecular complexity index is 808. The summed E-state index contributed by atoms with van der Waals surface area (Å²) in [5, 5.41) is 13.3. The summed E-state index contributed by atoms with van der Waals surface area (Å²) in [5.41, 5.74) is 3.09. The third kappa shape index (κ3) is 3.07. The van der Waals surface area contributed by atoms with E-state index < -0.39 is 0 Å². The van der Waals surface area contributed by atoms with Crippen molar-refractivity contribution >= 4 is 11.9 Å². The smallest absolute Gasteiger partial charge is 0.289 e. The van der Waals surface area contributed by atoms with Gasteiger partial charge < -0.3 is 4.90 Å². The van der Waals surface area contributed by atoms with E-state index in [2.05, 4.69) is 5.10 Å². The fourth-order valence-electron chi connectivity index (χ4n) is 2.14. The van der Waals surface area contributed by atoms with Gasteiger partial charge in [-0.05, 0) is 43.2 Å². The molecule has 112 valence electrons. The summed E-state index contributed by atoms with van der Waals surface area (Å²) in [6.45, 7) is 3.54. The van der Waals surface area contributed by atoms with Crippen LogP contribution in [-0.4, -0.2) is 25.0 Å². The number of hydrogen-bond acceptors (Lipinski definition) is 4. The zero-order chi connectivity index (χ0) is 16.3. The topological polar surface area (TPSA) is 61.4 Å². The first-order valence-electron chi connectivity index (χ1n) is 6.89. The van der Waals surface area contributed by atoms with E-state index in [9.17, 15) is 4.79 Å². The lowest BCUT2D eigenvalue weighted by Crippen LogP contribution is -2.22. The fraction of sp³-hybridized carbons (Fsp3) is 0.235. The molecular formula is C17H18N4O. The number of aromatic nitrogens is 1. The minimum atomic E-state index is -0.388. The van der Waals surface area contributed by atoms with E-state index in [0.717, 1.165) is 11.3 Å². The highest BCUT2D eigenvalue weighted by molar-refractivity contribution is 5.80. The standard InChI is InChI=1S/C17H18N4O/c1-12-9-13(2)21(17(22)16(12)10-18)19-11-14-5-7-15(8-6-14)20(3)4/h5-9,11H,1-4H3/b19-11-. The summed E-state index contributed by atoms with van der Waals surface area (Å²) in [6.07, 6.45) is 1.62. The monoisotopic (exact) mass is 294 g/mol. The number of pyridine rings is 1. The van der Waals surface area contributed by atoms with E-state index in [1.54, 1.807) is 26.1 Å². The van der Waals surface area contributed by atoms with Crippen molar-refractivity contribution in [3.8, 4) is 6.07 Å². The Morgan fingerprint density at radius 2 is 1.86 bits per heavy atom. The summed E-state index contributed by atoms with van der Waals surface area (Å²) >= 11 is 0. The molecule has 0 N–H and O–H groups in total. The van der Waals surface area contributed by atoms with Gasteiger partial charge in [-0.3, -0.25) is 4.79 Å². The zero-order valence-electron chi connectivity index (χ0n) is 13.2. The van der Waals surface area contributed by atoms with E-state index in [1.807, 2.05) is 49.3 Å². The molecule has 0 fully saturated rings. The fourth-order valence-corrected chi connectivity index (χ4v) is 2.14. The van der Waals surface area contributed by atoms with Crippen LogP contribution in [0.2, 0.25) is 0 Å². The predicted octanol–water partition coefficient (Wildman–Crippen LogP) is 2.29. The second kappa shape index (κ2) is 6.27. The molecular weight excluding hydrogens is 276 g/mol. The van der Waals surface area contributed by atoms with Gasteiger partial charge in [-0.15, -0.1) is 0 Å². The SMILES string of the molecule is Cc1cc(C)n(/N=C\c2ccc(N(C)C)cc2)c(=O)c1C#N. The summed E-state index contributed by atoms with van der Waals surface area (Å²) < 4.78 is 1.26. The van der Waals surface area contributed by atoms with Gasteiger partial charge in [0.05, 0.1) is 6.21 Å². The lowest BCUT2D eigenvalue weighted by atomic mass is 10.1. The molecule has 0 bridgehead atoms. The van der Waals surface area contributed by atoms with Gasteiger partial charge in [-0.1, -0.05) is 12.1 Å². The average Bonchev–Trinajstić information content (AvgIpc) is 2.47. The minimum absolute atomic E-state index is 0.130. The van der Waals surface area contributed by atoms with Crippen LogP contribution in [0, 0.1) is 25.2 Å². The van der Waals surface area contributed by atoms with Crippen molar-refractivity contribution < 1.29 is 0 Å². The van der Waals surface area contributed by atoms with Crippen LogP contribution in [0.5, 0.6) is 0 Å². The lowest BCUT2D eigenvalue weighted by Gasteiger charge is -2.11. The number of nitriles is 1. The highest BCUT2D eigenvalue weighted by atomic mass is 16.1. The Hall–Kier alpha value is -2.87. The molecule has 1 aromatic heterocycles. The molecule has 2 aromatic rings. The highest BCUT2D eigenvalue weighted by Crippen LogP contribution is 2.11. The Morgan fingerprint density at radius 1 is 1.23 bits per heavy atom. The Labute approximate surface area is 129 Å². The van der Waals surface area contributed by atoms with Crippen molar-refractivity contribution in [3.05, 3.63) is 63.1 Å². The van der Waals surface area contributed by atoms with Crippen molar-refractivity contribution in [2.75, 3.05) is 19.0 Å². The average molecular weight is 294 g/mol. The van der Waals surface area contributed by atoms with Crippen LogP contribution in [0.25, 0.3) is 0 Å². The number of aryl methyl sites for hydroxylation is 2. The van der Waals surface area contributed by atoms with E-state index in [-0.39, 0.29) is 11.1 Å². The molecule has 0 aliphatic rings. The van der Waals surface area contributed by atoms with E-state index >= 15 is 0 Å². The number of hydrogen-bond donors (Lipinski definition) is 0. The van der Waals surface area contributed by atoms with Crippen LogP contribution in [0.15, 0.2) is 40.2 Å². The van der Waals surface area contributed by atoms with Crippen molar-refractivity contribution in [1.29, 1.82) is 5.26 Å². The Kier molecular flexibility index (Phi) is 4.42. The normalized spacial score (nSPS) is 10.7. The molecule has 1 heterocycles. The molecule has 2 rings (SSSR count). The van der Waals surface area contributed by atoms with Crippen LogP contribution < -0.4 is 10.5 Å². The Morgan fingerprint density at radius 3 is 2.41 bits per heavy atom. The summed E-state index contributed by atoms with van der Waals surface area (Å²) in [5.74, 6) is 0. The third-order valence-electron chi connectivity index (χ3n) is 3.40. The number of rotatable bonds is 3. The number of benzene rings is 1. The van der Waals surface area contributed by atoms with Gasteiger partial charge in [0.15, 0.2) is 0 Å². The van der Waals surface area contributed by atoms with Gasteiger partial charge in [0.25, 0.3) is 5.56 Å². The van der Waals surface area contributed by atoms with Crippen LogP contribution in [0.4, 0.5) is 5.69 Å². The molecule has 0 atom stereocenters. The van der Waals surface area contributed by atoms with Crippen LogP contribution in [0.3, 0.4) is 0 Å². The molecule has 1 aromatic carbocycles. The van der Waals surface area contributed by atoms with Crippen molar-refractivity contribution in [2.24, 2.45) is 5.10 Å². The lowest BCUT2D eigenvalue weighted by molar-refractivity contribution is 0.786. The molecule has 0 aliphatic heterocycles. The molecule has 0 saturated heterocycles. The molecule has 5 heteroatoms.